The number of nitrogen functional groups attached to an aromatic ring is 1. The molecule has 1 saturated carbocycles. The van der Waals surface area contributed by atoms with Gasteiger partial charge in [0.05, 0.1) is 27.0 Å². The number of imidazole rings is 1. The smallest absolute Gasteiger partial charge is 0.247 e. The molecule has 0 saturated heterocycles. The molecule has 5 rings (SSSR count). The highest BCUT2D eigenvalue weighted by atomic mass is 28.3. The van der Waals surface area contributed by atoms with Crippen LogP contribution in [0.3, 0.4) is 0 Å². The average Bonchev–Trinajstić information content (AvgIpc) is 3.46. The maximum Gasteiger partial charge on any atom is 0.247 e. The molecule has 5 N–H and O–H groups in total. The van der Waals surface area contributed by atoms with E-state index in [9.17, 15) is 15.3 Å². The molecule has 194 valence electrons. The fourth-order valence-electron chi connectivity index (χ4n) is 5.91. The van der Waals surface area contributed by atoms with Gasteiger partial charge in [-0.05, 0) is 17.5 Å². The monoisotopic (exact) mass is 519 g/mol. The summed E-state index contributed by atoms with van der Waals surface area (Å²) in [7, 11) is -2.18. The largest absolute Gasteiger partial charge is 0.471 e. The number of nitrogens with two attached hydrogens (primary N) is 1. The summed E-state index contributed by atoms with van der Waals surface area (Å²) in [6.45, 7) is 4.04. The molecule has 0 spiro atoms. The molecule has 10 heteroatoms. The van der Waals surface area contributed by atoms with Crippen molar-refractivity contribution in [1.29, 1.82) is 0 Å². The third-order valence-corrected chi connectivity index (χ3v) is 12.4. The first-order chi connectivity index (χ1) is 17.8. The molecular formula is C27H33N5O4Si. The Bertz CT molecular complexity index is 1370. The zero-order valence-electron chi connectivity index (χ0n) is 21.0. The highest BCUT2D eigenvalue weighted by molar-refractivity contribution is 6.91. The topological polar surface area (TPSA) is 140 Å². The van der Waals surface area contributed by atoms with E-state index in [1.165, 1.54) is 5.19 Å². The Morgan fingerprint density at radius 2 is 1.73 bits per heavy atom. The minimum absolute atomic E-state index is 0.00696. The van der Waals surface area contributed by atoms with E-state index < -0.39 is 32.2 Å². The molecule has 1 fully saturated rings. The molecule has 1 aliphatic rings. The van der Waals surface area contributed by atoms with Crippen molar-refractivity contribution in [2.24, 2.45) is 5.92 Å². The van der Waals surface area contributed by atoms with Gasteiger partial charge in [0.25, 0.3) is 0 Å². The van der Waals surface area contributed by atoms with Gasteiger partial charge < -0.3 is 30.4 Å². The van der Waals surface area contributed by atoms with Gasteiger partial charge in [-0.1, -0.05) is 78.9 Å². The number of benzene rings is 2. The second-order valence-electron chi connectivity index (χ2n) is 10.4. The van der Waals surface area contributed by atoms with Crippen molar-refractivity contribution in [2.75, 3.05) is 18.9 Å². The average molecular weight is 520 g/mol. The summed E-state index contributed by atoms with van der Waals surface area (Å²) in [5, 5.41) is 34.1. The zero-order chi connectivity index (χ0) is 26.2. The predicted octanol–water partition coefficient (Wildman–Crippen LogP) is 2.25. The Morgan fingerprint density at radius 3 is 2.38 bits per heavy atom. The van der Waals surface area contributed by atoms with E-state index in [-0.39, 0.29) is 30.6 Å². The van der Waals surface area contributed by atoms with E-state index in [1.807, 2.05) is 48.5 Å². The summed E-state index contributed by atoms with van der Waals surface area (Å²) >= 11 is 0. The Labute approximate surface area is 216 Å². The van der Waals surface area contributed by atoms with Crippen molar-refractivity contribution in [3.63, 3.8) is 0 Å². The van der Waals surface area contributed by atoms with Crippen molar-refractivity contribution in [3.8, 4) is 5.88 Å². The molecule has 4 unspecified atom stereocenters. The van der Waals surface area contributed by atoms with E-state index in [2.05, 4.69) is 40.2 Å². The van der Waals surface area contributed by atoms with Gasteiger partial charge in [0.1, 0.15) is 12.2 Å². The third-order valence-electron chi connectivity index (χ3n) is 8.04. The van der Waals surface area contributed by atoms with Crippen molar-refractivity contribution >= 4 is 30.4 Å². The van der Waals surface area contributed by atoms with E-state index >= 15 is 0 Å². The minimum atomic E-state index is -2.18. The molecule has 0 radical (unpaired) electrons. The zero-order valence-corrected chi connectivity index (χ0v) is 22.0. The lowest BCUT2D eigenvalue weighted by Gasteiger charge is -2.38. The van der Waals surface area contributed by atoms with Crippen LogP contribution in [0.1, 0.15) is 18.0 Å². The summed E-state index contributed by atoms with van der Waals surface area (Å²) in [4.78, 5) is 13.2. The normalized spacial score (nSPS) is 24.0. The van der Waals surface area contributed by atoms with Gasteiger partial charge in [0, 0.05) is 12.5 Å². The lowest BCUT2D eigenvalue weighted by atomic mass is 9.89. The van der Waals surface area contributed by atoms with E-state index in [4.69, 9.17) is 10.5 Å². The van der Waals surface area contributed by atoms with Crippen LogP contribution >= 0.6 is 0 Å². The first kappa shape index (κ1) is 25.3. The molecular weight excluding hydrogens is 486 g/mol. The van der Waals surface area contributed by atoms with E-state index in [0.717, 1.165) is 5.56 Å². The van der Waals surface area contributed by atoms with Crippen molar-refractivity contribution < 1.29 is 20.1 Å². The first-order valence-electron chi connectivity index (χ1n) is 12.5. The van der Waals surface area contributed by atoms with Crippen LogP contribution in [-0.4, -0.2) is 61.7 Å². The summed E-state index contributed by atoms with van der Waals surface area (Å²) in [5.74, 6) is -0.239. The fraction of sp³-hybridized carbons (Fsp3) is 0.370. The van der Waals surface area contributed by atoms with Crippen LogP contribution in [0.5, 0.6) is 5.88 Å². The number of aromatic nitrogens is 4. The van der Waals surface area contributed by atoms with Crippen LogP contribution in [0.25, 0.3) is 11.2 Å². The molecule has 0 bridgehead atoms. The molecule has 2 aromatic carbocycles. The summed E-state index contributed by atoms with van der Waals surface area (Å²) in [6, 6.07) is 19.4. The number of ether oxygens (including phenoxy) is 1. The van der Waals surface area contributed by atoms with E-state index in [0.29, 0.717) is 17.6 Å². The van der Waals surface area contributed by atoms with E-state index in [1.54, 1.807) is 10.9 Å². The number of aliphatic hydroxyl groups is 3. The SMILES string of the molecule is C[Si](C)(c1ccccc1)C1CC(n2cnc3c(OCc4ccccc4)nc(N)nc32)C(O)(CO)C1CO. The van der Waals surface area contributed by atoms with Gasteiger partial charge >= 0.3 is 0 Å². The minimum Gasteiger partial charge on any atom is -0.471 e. The lowest BCUT2D eigenvalue weighted by molar-refractivity contribution is -0.0836. The molecule has 2 aromatic heterocycles. The number of nitrogens with zero attached hydrogens (tertiary/aromatic N) is 4. The fourth-order valence-corrected chi connectivity index (χ4v) is 9.60. The first-order valence-corrected chi connectivity index (χ1v) is 15.5. The Kier molecular flexibility index (Phi) is 6.75. The molecule has 4 atom stereocenters. The van der Waals surface area contributed by atoms with Crippen molar-refractivity contribution in [2.45, 2.75) is 43.3 Å². The van der Waals surface area contributed by atoms with Crippen molar-refractivity contribution in [3.05, 3.63) is 72.6 Å². The van der Waals surface area contributed by atoms with Gasteiger partial charge in [-0.2, -0.15) is 9.97 Å². The van der Waals surface area contributed by atoms with Gasteiger partial charge in [-0.3, -0.25) is 0 Å². The standard InChI is InChI=1S/C27H33N5O4Si/c1-37(2,19-11-7-4-8-12-19)21-13-22(27(35,16-34)20(21)14-33)32-17-29-23-24(32)30-26(28)31-25(23)36-15-18-9-5-3-6-10-18/h3-12,17,20-22,33-35H,13-16H2,1-2H3,(H2,28,30,31). The summed E-state index contributed by atoms with van der Waals surface area (Å²) in [5.41, 5.74) is 6.30. The quantitative estimate of drug-likeness (QED) is 0.260. The van der Waals surface area contributed by atoms with Crippen LogP contribution in [0.4, 0.5) is 5.95 Å². The number of hydrogen-bond acceptors (Lipinski definition) is 8. The van der Waals surface area contributed by atoms with Gasteiger partial charge in [-0.15, -0.1) is 0 Å². The second kappa shape index (κ2) is 9.86. The van der Waals surface area contributed by atoms with Crippen LogP contribution in [0, 0.1) is 5.92 Å². The molecule has 2 heterocycles. The number of rotatable bonds is 8. The second-order valence-corrected chi connectivity index (χ2v) is 15.1. The maximum atomic E-state index is 11.9. The van der Waals surface area contributed by atoms with Gasteiger partial charge in [0.15, 0.2) is 11.2 Å². The number of anilines is 1. The van der Waals surface area contributed by atoms with Crippen LogP contribution in [0.15, 0.2) is 67.0 Å². The molecule has 0 aliphatic heterocycles. The lowest BCUT2D eigenvalue weighted by Crippen LogP contribution is -2.52. The van der Waals surface area contributed by atoms with Crippen LogP contribution in [-0.2, 0) is 6.61 Å². The molecule has 4 aromatic rings. The van der Waals surface area contributed by atoms with Gasteiger partial charge in [-0.25, -0.2) is 4.98 Å². The Balaban J connectivity index is 1.54. The Hall–Kier alpha value is -3.31. The highest BCUT2D eigenvalue weighted by Crippen LogP contribution is 2.54. The highest BCUT2D eigenvalue weighted by Gasteiger charge is 2.59. The summed E-state index contributed by atoms with van der Waals surface area (Å²) < 4.78 is 7.73. The number of aliphatic hydroxyl groups excluding tert-OH is 2. The molecule has 1 aliphatic carbocycles. The van der Waals surface area contributed by atoms with Crippen LogP contribution < -0.4 is 15.7 Å². The third kappa shape index (κ3) is 4.40. The number of hydrogen-bond donors (Lipinski definition) is 4. The number of fused-ring (bicyclic) bond motifs is 1. The van der Waals surface area contributed by atoms with Gasteiger partial charge in [0.2, 0.25) is 11.8 Å². The molecule has 9 nitrogen and oxygen atoms in total. The van der Waals surface area contributed by atoms with Crippen molar-refractivity contribution in [1.82, 2.24) is 19.5 Å². The predicted molar refractivity (Wildman–Crippen MR) is 144 cm³/mol. The Morgan fingerprint density at radius 1 is 1.05 bits per heavy atom. The maximum absolute atomic E-state index is 11.9. The molecule has 0 amide bonds. The van der Waals surface area contributed by atoms with Crippen LogP contribution in [0.2, 0.25) is 18.6 Å². The summed E-state index contributed by atoms with van der Waals surface area (Å²) in [6.07, 6.45) is 2.14. The molecule has 37 heavy (non-hydrogen) atoms.